The number of amides is 2. The Kier molecular flexibility index (Phi) is 5.37. The Morgan fingerprint density at radius 3 is 2.38 bits per heavy atom. The van der Waals surface area contributed by atoms with E-state index in [0.717, 1.165) is 24.3 Å². The summed E-state index contributed by atoms with van der Waals surface area (Å²) >= 11 is 0. The van der Waals surface area contributed by atoms with Gasteiger partial charge in [0.2, 0.25) is 5.91 Å². The van der Waals surface area contributed by atoms with Crippen LogP contribution in [0.1, 0.15) is 16.1 Å². The zero-order chi connectivity index (χ0) is 18.7. The molecule has 2 heterocycles. The maximum Gasteiger partial charge on any atom is 0.272 e. The van der Waals surface area contributed by atoms with Crippen LogP contribution in [0.25, 0.3) is 11.3 Å². The average molecular weight is 355 g/mol. The summed E-state index contributed by atoms with van der Waals surface area (Å²) in [7, 11) is 3.84. The van der Waals surface area contributed by atoms with Gasteiger partial charge in [0.05, 0.1) is 12.2 Å². The monoisotopic (exact) mass is 355 g/mol. The van der Waals surface area contributed by atoms with Gasteiger partial charge in [-0.3, -0.25) is 14.3 Å². The smallest absolute Gasteiger partial charge is 0.272 e. The Morgan fingerprint density at radius 2 is 1.73 bits per heavy atom. The molecule has 2 aromatic rings. The molecule has 3 rings (SSSR count). The second-order valence-electron chi connectivity index (χ2n) is 6.77. The van der Waals surface area contributed by atoms with Gasteiger partial charge in [-0.25, -0.2) is 0 Å². The van der Waals surface area contributed by atoms with Gasteiger partial charge in [-0.1, -0.05) is 29.8 Å². The van der Waals surface area contributed by atoms with E-state index in [9.17, 15) is 9.59 Å². The number of nitrogens with zero attached hydrogens (tertiary/aromatic N) is 4. The molecule has 1 fully saturated rings. The van der Waals surface area contributed by atoms with Crippen LogP contribution in [-0.2, 0) is 11.8 Å². The summed E-state index contributed by atoms with van der Waals surface area (Å²) in [5.41, 5.74) is 3.35. The number of piperazine rings is 1. The quantitative estimate of drug-likeness (QED) is 0.885. The van der Waals surface area contributed by atoms with E-state index in [1.165, 1.54) is 5.56 Å². The fourth-order valence-corrected chi connectivity index (χ4v) is 2.99. The summed E-state index contributed by atoms with van der Waals surface area (Å²) < 4.78 is 1.68. The zero-order valence-electron chi connectivity index (χ0n) is 15.5. The third-order valence-electron chi connectivity index (χ3n) is 4.72. The number of aryl methyl sites for hydroxylation is 2. The number of aromatic nitrogens is 2. The highest BCUT2D eigenvalue weighted by Crippen LogP contribution is 2.20. The van der Waals surface area contributed by atoms with Gasteiger partial charge in [0.15, 0.2) is 5.69 Å². The molecule has 0 aliphatic carbocycles. The SMILES string of the molecule is Cc1ccc(-c2cc(C(=O)NCC(=O)N3CCN(C)CC3)nn2C)cc1. The Labute approximate surface area is 153 Å². The highest BCUT2D eigenvalue weighted by Gasteiger charge is 2.20. The lowest BCUT2D eigenvalue weighted by Crippen LogP contribution is -2.50. The van der Waals surface area contributed by atoms with E-state index >= 15 is 0 Å². The molecule has 2 amide bonds. The molecule has 0 radical (unpaired) electrons. The third-order valence-corrected chi connectivity index (χ3v) is 4.72. The lowest BCUT2D eigenvalue weighted by molar-refractivity contribution is -0.131. The van der Waals surface area contributed by atoms with Crippen LogP contribution in [-0.4, -0.2) is 71.2 Å². The number of hydrogen-bond donors (Lipinski definition) is 1. The molecule has 1 aliphatic rings. The minimum Gasteiger partial charge on any atom is -0.342 e. The van der Waals surface area contributed by atoms with Crippen molar-refractivity contribution in [2.45, 2.75) is 6.92 Å². The number of rotatable bonds is 4. The molecule has 0 saturated carbocycles. The Hall–Kier alpha value is -2.67. The number of hydrogen-bond acceptors (Lipinski definition) is 4. The second kappa shape index (κ2) is 7.70. The van der Waals surface area contributed by atoms with Crippen LogP contribution in [0.5, 0.6) is 0 Å². The Bertz CT molecular complexity index is 789. The van der Waals surface area contributed by atoms with E-state index < -0.39 is 0 Å². The van der Waals surface area contributed by atoms with Crippen molar-refractivity contribution in [3.05, 3.63) is 41.6 Å². The summed E-state index contributed by atoms with van der Waals surface area (Å²) in [6.45, 7) is 5.15. The predicted octanol–water partition coefficient (Wildman–Crippen LogP) is 0.899. The number of carbonyl (C=O) groups is 2. The van der Waals surface area contributed by atoms with Gasteiger partial charge in [0, 0.05) is 33.2 Å². The normalized spacial score (nSPS) is 15.1. The first kappa shape index (κ1) is 18.1. The van der Waals surface area contributed by atoms with E-state index in [1.807, 2.05) is 38.2 Å². The number of benzene rings is 1. The summed E-state index contributed by atoms with van der Waals surface area (Å²) in [5.74, 6) is -0.387. The van der Waals surface area contributed by atoms with Crippen molar-refractivity contribution < 1.29 is 9.59 Å². The lowest BCUT2D eigenvalue weighted by atomic mass is 10.1. The van der Waals surface area contributed by atoms with Gasteiger partial charge >= 0.3 is 0 Å². The first-order valence-corrected chi connectivity index (χ1v) is 8.79. The van der Waals surface area contributed by atoms with Crippen molar-refractivity contribution in [1.29, 1.82) is 0 Å². The summed E-state index contributed by atoms with van der Waals surface area (Å²) in [6, 6.07) is 9.81. The number of likely N-dealkylation sites (N-methyl/N-ethyl adjacent to an activating group) is 1. The standard InChI is InChI=1S/C19H25N5O2/c1-14-4-6-15(7-5-14)17-12-16(21-23(17)3)19(26)20-13-18(25)24-10-8-22(2)9-11-24/h4-7,12H,8-11,13H2,1-3H3,(H,20,26). The van der Waals surface area contributed by atoms with Gasteiger partial charge in [0.1, 0.15) is 0 Å². The molecule has 0 unspecified atom stereocenters. The molecule has 1 aliphatic heterocycles. The molecule has 0 bridgehead atoms. The molecule has 1 saturated heterocycles. The van der Waals surface area contributed by atoms with Crippen LogP contribution >= 0.6 is 0 Å². The van der Waals surface area contributed by atoms with Gasteiger partial charge in [-0.15, -0.1) is 0 Å². The highest BCUT2D eigenvalue weighted by molar-refractivity contribution is 5.95. The fraction of sp³-hybridized carbons (Fsp3) is 0.421. The Balaban J connectivity index is 1.61. The molecule has 138 valence electrons. The maximum absolute atomic E-state index is 12.4. The Morgan fingerprint density at radius 1 is 1.08 bits per heavy atom. The number of nitrogens with one attached hydrogen (secondary N) is 1. The molecule has 26 heavy (non-hydrogen) atoms. The van der Waals surface area contributed by atoms with Crippen molar-refractivity contribution in [1.82, 2.24) is 24.9 Å². The molecule has 1 N–H and O–H groups in total. The van der Waals surface area contributed by atoms with E-state index in [4.69, 9.17) is 0 Å². The minimum absolute atomic E-state index is 0.00101. The van der Waals surface area contributed by atoms with Gasteiger partial charge in [0.25, 0.3) is 5.91 Å². The number of carbonyl (C=O) groups excluding carboxylic acids is 2. The van der Waals surface area contributed by atoms with Crippen molar-refractivity contribution in [2.24, 2.45) is 7.05 Å². The molecule has 1 aromatic heterocycles. The summed E-state index contributed by atoms with van der Waals surface area (Å²) in [6.07, 6.45) is 0. The van der Waals surface area contributed by atoms with Crippen molar-refractivity contribution in [3.63, 3.8) is 0 Å². The first-order valence-electron chi connectivity index (χ1n) is 8.79. The largest absolute Gasteiger partial charge is 0.342 e. The molecule has 7 heteroatoms. The van der Waals surface area contributed by atoms with Gasteiger partial charge in [-0.2, -0.15) is 5.10 Å². The maximum atomic E-state index is 12.4. The van der Waals surface area contributed by atoms with E-state index in [1.54, 1.807) is 22.7 Å². The van der Waals surface area contributed by atoms with Crippen LogP contribution in [0.3, 0.4) is 0 Å². The van der Waals surface area contributed by atoms with E-state index in [0.29, 0.717) is 18.8 Å². The van der Waals surface area contributed by atoms with E-state index in [2.05, 4.69) is 15.3 Å². The summed E-state index contributed by atoms with van der Waals surface area (Å²) in [5, 5.41) is 6.97. The van der Waals surface area contributed by atoms with Gasteiger partial charge < -0.3 is 15.1 Å². The van der Waals surface area contributed by atoms with Crippen molar-refractivity contribution >= 4 is 11.8 Å². The van der Waals surface area contributed by atoms with Crippen molar-refractivity contribution in [3.8, 4) is 11.3 Å². The van der Waals surface area contributed by atoms with Gasteiger partial charge in [-0.05, 0) is 25.6 Å². The summed E-state index contributed by atoms with van der Waals surface area (Å²) in [4.78, 5) is 28.6. The zero-order valence-corrected chi connectivity index (χ0v) is 15.5. The molecule has 0 atom stereocenters. The molecule has 7 nitrogen and oxygen atoms in total. The highest BCUT2D eigenvalue weighted by atomic mass is 16.2. The topological polar surface area (TPSA) is 70.5 Å². The first-order chi connectivity index (χ1) is 12.4. The second-order valence-corrected chi connectivity index (χ2v) is 6.77. The third kappa shape index (κ3) is 4.11. The average Bonchev–Trinajstić information content (AvgIpc) is 3.02. The molecule has 1 aromatic carbocycles. The van der Waals surface area contributed by atoms with Crippen LogP contribution in [0.2, 0.25) is 0 Å². The van der Waals surface area contributed by atoms with Crippen molar-refractivity contribution in [2.75, 3.05) is 39.8 Å². The lowest BCUT2D eigenvalue weighted by Gasteiger charge is -2.32. The van der Waals surface area contributed by atoms with E-state index in [-0.39, 0.29) is 18.4 Å². The fourth-order valence-electron chi connectivity index (χ4n) is 2.99. The van der Waals surface area contributed by atoms with Crippen LogP contribution in [0.4, 0.5) is 0 Å². The predicted molar refractivity (Wildman–Crippen MR) is 99.8 cm³/mol. The minimum atomic E-state index is -0.332. The van der Waals surface area contributed by atoms with Crippen LogP contribution in [0, 0.1) is 6.92 Å². The molecular weight excluding hydrogens is 330 g/mol. The van der Waals surface area contributed by atoms with Crippen LogP contribution in [0.15, 0.2) is 30.3 Å². The molecular formula is C19H25N5O2. The molecule has 0 spiro atoms. The van der Waals surface area contributed by atoms with Crippen LogP contribution < -0.4 is 5.32 Å².